The summed E-state index contributed by atoms with van der Waals surface area (Å²) in [5.41, 5.74) is 2.16. The van der Waals surface area contributed by atoms with E-state index in [-0.39, 0.29) is 18.3 Å². The topological polar surface area (TPSA) is 68.3 Å². The SMILES string of the molecule is Cc1nc(C)c(CNC(=O)COc2ccc(C(=O)c3ccccc3)cc2)s1. The van der Waals surface area contributed by atoms with Crippen LogP contribution in [-0.4, -0.2) is 23.3 Å². The maximum atomic E-state index is 12.4. The lowest BCUT2D eigenvalue weighted by Crippen LogP contribution is -2.28. The fraction of sp³-hybridized carbons (Fsp3) is 0.190. The van der Waals surface area contributed by atoms with E-state index in [2.05, 4.69) is 10.3 Å². The van der Waals surface area contributed by atoms with Crippen LogP contribution >= 0.6 is 11.3 Å². The van der Waals surface area contributed by atoms with Crippen molar-refractivity contribution in [3.63, 3.8) is 0 Å². The standard InChI is InChI=1S/C21H20N2O3S/c1-14-19(27-15(2)23-14)12-22-20(24)13-26-18-10-8-17(9-11-18)21(25)16-6-4-3-5-7-16/h3-11H,12-13H2,1-2H3,(H,22,24). The first-order valence-corrected chi connectivity index (χ1v) is 9.37. The molecule has 0 saturated heterocycles. The van der Waals surface area contributed by atoms with Gasteiger partial charge in [-0.05, 0) is 38.1 Å². The molecule has 138 valence electrons. The zero-order valence-corrected chi connectivity index (χ0v) is 16.0. The van der Waals surface area contributed by atoms with Crippen molar-refractivity contribution in [3.8, 4) is 5.75 Å². The highest BCUT2D eigenvalue weighted by molar-refractivity contribution is 7.11. The van der Waals surface area contributed by atoms with Crippen LogP contribution in [-0.2, 0) is 11.3 Å². The molecule has 1 heterocycles. The number of ketones is 1. The molecule has 0 aliphatic carbocycles. The lowest BCUT2D eigenvalue weighted by atomic mass is 10.0. The molecule has 27 heavy (non-hydrogen) atoms. The second kappa shape index (κ2) is 8.60. The zero-order chi connectivity index (χ0) is 19.2. The molecule has 0 atom stereocenters. The van der Waals surface area contributed by atoms with Gasteiger partial charge in [0.1, 0.15) is 5.75 Å². The number of carbonyl (C=O) groups is 2. The first-order valence-electron chi connectivity index (χ1n) is 8.55. The molecular formula is C21H20N2O3S. The van der Waals surface area contributed by atoms with Gasteiger partial charge in [0.15, 0.2) is 12.4 Å². The van der Waals surface area contributed by atoms with Crippen molar-refractivity contribution in [1.29, 1.82) is 0 Å². The molecule has 0 spiro atoms. The minimum Gasteiger partial charge on any atom is -0.484 e. The number of carbonyl (C=O) groups excluding carboxylic acids is 2. The molecule has 3 rings (SSSR count). The van der Waals surface area contributed by atoms with Gasteiger partial charge < -0.3 is 10.1 Å². The predicted octanol–water partition coefficient (Wildman–Crippen LogP) is 3.69. The highest BCUT2D eigenvalue weighted by Crippen LogP contribution is 2.17. The quantitative estimate of drug-likeness (QED) is 0.635. The molecule has 0 aliphatic rings. The molecule has 1 aromatic heterocycles. The average molecular weight is 380 g/mol. The van der Waals surface area contributed by atoms with Crippen molar-refractivity contribution in [3.05, 3.63) is 81.3 Å². The number of thiazole rings is 1. The Morgan fingerprint density at radius 2 is 1.67 bits per heavy atom. The van der Waals surface area contributed by atoms with Crippen LogP contribution in [0.25, 0.3) is 0 Å². The maximum Gasteiger partial charge on any atom is 0.258 e. The third-order valence-corrected chi connectivity index (χ3v) is 5.04. The van der Waals surface area contributed by atoms with Gasteiger partial charge in [-0.15, -0.1) is 11.3 Å². The Kier molecular flexibility index (Phi) is 5.98. The number of aromatic nitrogens is 1. The molecule has 0 saturated carbocycles. The smallest absolute Gasteiger partial charge is 0.258 e. The van der Waals surface area contributed by atoms with E-state index in [4.69, 9.17) is 4.74 Å². The Bertz CT molecular complexity index is 934. The van der Waals surface area contributed by atoms with Crippen LogP contribution in [0.1, 0.15) is 31.5 Å². The van der Waals surface area contributed by atoms with E-state index in [1.807, 2.05) is 32.0 Å². The number of hydrogen-bond donors (Lipinski definition) is 1. The highest BCUT2D eigenvalue weighted by atomic mass is 32.1. The molecular weight excluding hydrogens is 360 g/mol. The number of nitrogens with one attached hydrogen (secondary N) is 1. The molecule has 0 unspecified atom stereocenters. The van der Waals surface area contributed by atoms with Crippen LogP contribution in [0.4, 0.5) is 0 Å². The highest BCUT2D eigenvalue weighted by Gasteiger charge is 2.10. The second-order valence-electron chi connectivity index (χ2n) is 6.03. The first-order chi connectivity index (χ1) is 13.0. The Balaban J connectivity index is 1.50. The van der Waals surface area contributed by atoms with E-state index < -0.39 is 0 Å². The van der Waals surface area contributed by atoms with Crippen LogP contribution in [0.3, 0.4) is 0 Å². The van der Waals surface area contributed by atoms with Crippen LogP contribution in [0.15, 0.2) is 54.6 Å². The number of benzene rings is 2. The summed E-state index contributed by atoms with van der Waals surface area (Å²) in [6, 6.07) is 15.9. The molecule has 0 fully saturated rings. The maximum absolute atomic E-state index is 12.4. The monoisotopic (exact) mass is 380 g/mol. The Labute approximate surface area is 162 Å². The zero-order valence-electron chi connectivity index (χ0n) is 15.2. The van der Waals surface area contributed by atoms with Gasteiger partial charge in [-0.3, -0.25) is 9.59 Å². The van der Waals surface area contributed by atoms with Crippen LogP contribution in [0.5, 0.6) is 5.75 Å². The Morgan fingerprint density at radius 3 is 2.30 bits per heavy atom. The number of amides is 1. The Morgan fingerprint density at radius 1 is 1.00 bits per heavy atom. The van der Waals surface area contributed by atoms with E-state index in [1.165, 1.54) is 0 Å². The minimum atomic E-state index is -0.204. The lowest BCUT2D eigenvalue weighted by molar-refractivity contribution is -0.123. The van der Waals surface area contributed by atoms with Gasteiger partial charge in [0.25, 0.3) is 5.91 Å². The van der Waals surface area contributed by atoms with E-state index in [1.54, 1.807) is 47.7 Å². The molecule has 5 nitrogen and oxygen atoms in total. The summed E-state index contributed by atoms with van der Waals surface area (Å²) in [5.74, 6) is 0.291. The first kappa shape index (κ1) is 18.8. The molecule has 1 amide bonds. The van der Waals surface area contributed by atoms with Gasteiger partial charge >= 0.3 is 0 Å². The van der Waals surface area contributed by atoms with Crippen molar-refractivity contribution in [1.82, 2.24) is 10.3 Å². The fourth-order valence-corrected chi connectivity index (χ4v) is 3.45. The van der Waals surface area contributed by atoms with Crippen molar-refractivity contribution in [2.24, 2.45) is 0 Å². The van der Waals surface area contributed by atoms with Gasteiger partial charge in [-0.2, -0.15) is 0 Å². The molecule has 6 heteroatoms. The van der Waals surface area contributed by atoms with Crippen molar-refractivity contribution in [2.75, 3.05) is 6.61 Å². The number of aryl methyl sites for hydroxylation is 2. The molecule has 3 aromatic rings. The average Bonchev–Trinajstić information content (AvgIpc) is 3.02. The van der Waals surface area contributed by atoms with Gasteiger partial charge in [-0.1, -0.05) is 30.3 Å². The van der Waals surface area contributed by atoms with Gasteiger partial charge in [0.05, 0.1) is 17.2 Å². The third-order valence-electron chi connectivity index (χ3n) is 3.97. The van der Waals surface area contributed by atoms with Crippen LogP contribution in [0, 0.1) is 13.8 Å². The lowest BCUT2D eigenvalue weighted by Gasteiger charge is -2.08. The van der Waals surface area contributed by atoms with E-state index >= 15 is 0 Å². The number of rotatable bonds is 7. The van der Waals surface area contributed by atoms with Gasteiger partial charge in [0.2, 0.25) is 0 Å². The summed E-state index contributed by atoms with van der Waals surface area (Å²) < 4.78 is 5.50. The fourth-order valence-electron chi connectivity index (χ4n) is 2.57. The van der Waals surface area contributed by atoms with Crippen molar-refractivity contribution >= 4 is 23.0 Å². The van der Waals surface area contributed by atoms with E-state index in [9.17, 15) is 9.59 Å². The summed E-state index contributed by atoms with van der Waals surface area (Å²) in [7, 11) is 0. The number of nitrogens with zero attached hydrogens (tertiary/aromatic N) is 1. The van der Waals surface area contributed by atoms with Gasteiger partial charge in [0, 0.05) is 16.0 Å². The number of ether oxygens (including phenoxy) is 1. The summed E-state index contributed by atoms with van der Waals surface area (Å²) in [6.07, 6.45) is 0. The Hall–Kier alpha value is -2.99. The molecule has 1 N–H and O–H groups in total. The summed E-state index contributed by atoms with van der Waals surface area (Å²) in [6.45, 7) is 4.24. The van der Waals surface area contributed by atoms with E-state index in [0.717, 1.165) is 15.6 Å². The summed E-state index contributed by atoms with van der Waals surface area (Å²) in [5, 5.41) is 3.81. The van der Waals surface area contributed by atoms with Gasteiger partial charge in [-0.25, -0.2) is 4.98 Å². The summed E-state index contributed by atoms with van der Waals surface area (Å²) >= 11 is 1.57. The molecule has 0 aliphatic heterocycles. The van der Waals surface area contributed by atoms with Crippen LogP contribution in [0.2, 0.25) is 0 Å². The van der Waals surface area contributed by atoms with Crippen molar-refractivity contribution in [2.45, 2.75) is 20.4 Å². The largest absolute Gasteiger partial charge is 0.484 e. The summed E-state index contributed by atoms with van der Waals surface area (Å²) in [4.78, 5) is 29.7. The van der Waals surface area contributed by atoms with Crippen molar-refractivity contribution < 1.29 is 14.3 Å². The van der Waals surface area contributed by atoms with E-state index in [0.29, 0.717) is 23.4 Å². The normalized spacial score (nSPS) is 10.4. The predicted molar refractivity (Wildman–Crippen MR) is 105 cm³/mol. The molecule has 0 radical (unpaired) electrons. The molecule has 2 aromatic carbocycles. The second-order valence-corrected chi connectivity index (χ2v) is 7.31. The minimum absolute atomic E-state index is 0.0462. The van der Waals surface area contributed by atoms with Crippen LogP contribution < -0.4 is 10.1 Å². The molecule has 0 bridgehead atoms. The third kappa shape index (κ3) is 5.01. The number of hydrogen-bond acceptors (Lipinski definition) is 5.